The lowest BCUT2D eigenvalue weighted by atomic mass is 10.1. The predicted octanol–water partition coefficient (Wildman–Crippen LogP) is 3.38. The van der Waals surface area contributed by atoms with E-state index in [1.165, 1.54) is 22.9 Å². The molecule has 0 saturated carbocycles. The first-order valence-electron chi connectivity index (χ1n) is 2.95. The molecule has 2 heteroatoms. The summed E-state index contributed by atoms with van der Waals surface area (Å²) in [6.07, 6.45) is 6.85. The van der Waals surface area contributed by atoms with E-state index < -0.39 is 0 Å². The average Bonchev–Trinajstić information content (AvgIpc) is 1.89. The molecule has 0 N–H and O–H groups in total. The summed E-state index contributed by atoms with van der Waals surface area (Å²) < 4.78 is 1.26. The van der Waals surface area contributed by atoms with Crippen LogP contribution in [0.5, 0.6) is 0 Å². The summed E-state index contributed by atoms with van der Waals surface area (Å²) in [6.45, 7) is 0. The number of allylic oxidation sites excluding steroid dienone is 4. The van der Waals surface area contributed by atoms with Crippen LogP contribution in [0.3, 0.4) is 0 Å². The van der Waals surface area contributed by atoms with Crippen LogP contribution in [0.1, 0.15) is 12.8 Å². The zero-order chi connectivity index (χ0) is 6.69. The molecule has 1 aliphatic rings. The van der Waals surface area contributed by atoms with Crippen LogP contribution >= 0.6 is 31.9 Å². The van der Waals surface area contributed by atoms with E-state index in [-0.39, 0.29) is 0 Å². The van der Waals surface area contributed by atoms with E-state index in [2.05, 4.69) is 44.0 Å². The van der Waals surface area contributed by atoms with Gasteiger partial charge in [-0.1, -0.05) is 44.0 Å². The standard InChI is InChI=1S/C7H8Br2/c8-5-6-3-1-2-4-7(6)9/h3-4H,1-2,5H2. The summed E-state index contributed by atoms with van der Waals surface area (Å²) in [7, 11) is 0. The fourth-order valence-electron chi connectivity index (χ4n) is 0.815. The number of rotatable bonds is 1. The SMILES string of the molecule is BrCC1=CCCC=C1Br. The third-order valence-electron chi connectivity index (χ3n) is 1.33. The summed E-state index contributed by atoms with van der Waals surface area (Å²) in [6, 6.07) is 0. The van der Waals surface area contributed by atoms with Gasteiger partial charge in [-0.2, -0.15) is 0 Å². The number of halogens is 2. The molecule has 9 heavy (non-hydrogen) atoms. The molecular weight excluding hydrogens is 244 g/mol. The van der Waals surface area contributed by atoms with Crippen LogP contribution in [-0.2, 0) is 0 Å². The first kappa shape index (κ1) is 7.55. The van der Waals surface area contributed by atoms with Crippen molar-refractivity contribution in [3.05, 3.63) is 22.2 Å². The van der Waals surface area contributed by atoms with Crippen LogP contribution in [0.4, 0.5) is 0 Å². The van der Waals surface area contributed by atoms with E-state index in [9.17, 15) is 0 Å². The largest absolute Gasteiger partial charge is 0.0876 e. The Morgan fingerprint density at radius 1 is 1.33 bits per heavy atom. The lowest BCUT2D eigenvalue weighted by Crippen LogP contribution is -1.89. The van der Waals surface area contributed by atoms with E-state index in [1.54, 1.807) is 0 Å². The first-order valence-corrected chi connectivity index (χ1v) is 4.87. The second-order valence-electron chi connectivity index (χ2n) is 1.99. The number of hydrogen-bond donors (Lipinski definition) is 0. The summed E-state index contributed by atoms with van der Waals surface area (Å²) in [5, 5.41) is 0.962. The Bertz CT molecular complexity index is 156. The van der Waals surface area contributed by atoms with Gasteiger partial charge in [0.25, 0.3) is 0 Å². The van der Waals surface area contributed by atoms with Crippen LogP contribution in [-0.4, -0.2) is 5.33 Å². The maximum Gasteiger partial charge on any atom is 0.0290 e. The van der Waals surface area contributed by atoms with Gasteiger partial charge in [-0.05, 0) is 18.4 Å². The minimum atomic E-state index is 0.962. The van der Waals surface area contributed by atoms with Gasteiger partial charge in [-0.25, -0.2) is 0 Å². The fourth-order valence-corrected chi connectivity index (χ4v) is 2.25. The minimum absolute atomic E-state index is 0.962. The van der Waals surface area contributed by atoms with Crippen molar-refractivity contribution in [2.45, 2.75) is 12.8 Å². The maximum atomic E-state index is 3.48. The Kier molecular flexibility index (Phi) is 2.99. The van der Waals surface area contributed by atoms with Gasteiger partial charge in [0.2, 0.25) is 0 Å². The lowest BCUT2D eigenvalue weighted by molar-refractivity contribution is 1.02. The Morgan fingerprint density at radius 3 is 2.44 bits per heavy atom. The minimum Gasteiger partial charge on any atom is -0.0876 e. The molecule has 0 fully saturated rings. The highest BCUT2D eigenvalue weighted by atomic mass is 79.9. The van der Waals surface area contributed by atoms with E-state index >= 15 is 0 Å². The molecule has 0 nitrogen and oxygen atoms in total. The zero-order valence-electron chi connectivity index (χ0n) is 5.03. The summed E-state index contributed by atoms with van der Waals surface area (Å²) in [5.41, 5.74) is 1.38. The monoisotopic (exact) mass is 250 g/mol. The lowest BCUT2D eigenvalue weighted by Gasteiger charge is -2.06. The highest BCUT2D eigenvalue weighted by Gasteiger charge is 2.02. The number of alkyl halides is 1. The van der Waals surface area contributed by atoms with Crippen molar-refractivity contribution in [3.63, 3.8) is 0 Å². The first-order chi connectivity index (χ1) is 4.34. The molecule has 0 saturated heterocycles. The van der Waals surface area contributed by atoms with Crippen LogP contribution in [0.15, 0.2) is 22.2 Å². The van der Waals surface area contributed by atoms with Crippen molar-refractivity contribution in [1.82, 2.24) is 0 Å². The van der Waals surface area contributed by atoms with Gasteiger partial charge in [0, 0.05) is 9.81 Å². The van der Waals surface area contributed by atoms with E-state index in [4.69, 9.17) is 0 Å². The molecule has 0 aromatic heterocycles. The maximum absolute atomic E-state index is 3.48. The Labute approximate surface area is 72.3 Å². The number of hydrogen-bond acceptors (Lipinski definition) is 0. The predicted molar refractivity (Wildman–Crippen MR) is 48.1 cm³/mol. The van der Waals surface area contributed by atoms with Crippen molar-refractivity contribution in [3.8, 4) is 0 Å². The van der Waals surface area contributed by atoms with Crippen molar-refractivity contribution in [2.24, 2.45) is 0 Å². The van der Waals surface area contributed by atoms with Crippen LogP contribution in [0.25, 0.3) is 0 Å². The molecule has 0 heterocycles. The van der Waals surface area contributed by atoms with Gasteiger partial charge >= 0.3 is 0 Å². The van der Waals surface area contributed by atoms with E-state index in [0.29, 0.717) is 0 Å². The van der Waals surface area contributed by atoms with E-state index in [0.717, 1.165) is 5.33 Å². The van der Waals surface area contributed by atoms with Gasteiger partial charge in [0.1, 0.15) is 0 Å². The van der Waals surface area contributed by atoms with Crippen LogP contribution in [0, 0.1) is 0 Å². The molecule has 0 bridgehead atoms. The quantitative estimate of drug-likeness (QED) is 0.627. The smallest absolute Gasteiger partial charge is 0.0290 e. The highest BCUT2D eigenvalue weighted by Crippen LogP contribution is 2.24. The van der Waals surface area contributed by atoms with Crippen molar-refractivity contribution in [1.29, 1.82) is 0 Å². The second-order valence-corrected chi connectivity index (χ2v) is 3.41. The van der Waals surface area contributed by atoms with Crippen molar-refractivity contribution in [2.75, 3.05) is 5.33 Å². The molecule has 50 valence electrons. The van der Waals surface area contributed by atoms with Gasteiger partial charge in [0.15, 0.2) is 0 Å². The highest BCUT2D eigenvalue weighted by molar-refractivity contribution is 9.12. The van der Waals surface area contributed by atoms with Crippen molar-refractivity contribution < 1.29 is 0 Å². The summed E-state index contributed by atoms with van der Waals surface area (Å²) in [4.78, 5) is 0. The van der Waals surface area contributed by atoms with Crippen molar-refractivity contribution >= 4 is 31.9 Å². The Balaban J connectivity index is 2.68. The van der Waals surface area contributed by atoms with Gasteiger partial charge < -0.3 is 0 Å². The molecule has 0 atom stereocenters. The molecule has 0 aromatic carbocycles. The molecule has 0 aliphatic heterocycles. The summed E-state index contributed by atoms with van der Waals surface area (Å²) in [5.74, 6) is 0. The Hall–Kier alpha value is 0.440. The molecule has 1 rings (SSSR count). The molecule has 0 spiro atoms. The van der Waals surface area contributed by atoms with Gasteiger partial charge in [-0.15, -0.1) is 0 Å². The molecule has 1 aliphatic carbocycles. The van der Waals surface area contributed by atoms with Gasteiger partial charge in [0.05, 0.1) is 0 Å². The third-order valence-corrected chi connectivity index (χ3v) is 2.77. The van der Waals surface area contributed by atoms with Crippen LogP contribution < -0.4 is 0 Å². The molecule has 0 amide bonds. The third kappa shape index (κ3) is 1.94. The molecule has 0 radical (unpaired) electrons. The Morgan fingerprint density at radius 2 is 2.00 bits per heavy atom. The topological polar surface area (TPSA) is 0 Å². The zero-order valence-corrected chi connectivity index (χ0v) is 8.20. The molecule has 0 unspecified atom stereocenters. The van der Waals surface area contributed by atoms with Crippen LogP contribution in [0.2, 0.25) is 0 Å². The van der Waals surface area contributed by atoms with Gasteiger partial charge in [-0.3, -0.25) is 0 Å². The van der Waals surface area contributed by atoms with E-state index in [1.807, 2.05) is 0 Å². The second kappa shape index (κ2) is 3.57. The summed E-state index contributed by atoms with van der Waals surface area (Å²) >= 11 is 6.89. The molecule has 0 aromatic rings. The average molecular weight is 252 g/mol. The normalized spacial score (nSPS) is 18.9. The molecular formula is C7H8Br2. The fraction of sp³-hybridized carbons (Fsp3) is 0.429.